The summed E-state index contributed by atoms with van der Waals surface area (Å²) in [6, 6.07) is 6.67. The Labute approximate surface area is 208 Å². The van der Waals surface area contributed by atoms with Gasteiger partial charge in [0.25, 0.3) is 0 Å². The van der Waals surface area contributed by atoms with Crippen LogP contribution in [0.5, 0.6) is 0 Å². The van der Waals surface area contributed by atoms with Crippen LogP contribution in [0, 0.1) is 17.3 Å². The molecular formula is C29H39FN2O3. The number of carboxylic acid groups (broad SMARTS) is 1. The predicted molar refractivity (Wildman–Crippen MR) is 138 cm³/mol. The standard InChI is InChI=1S/C29H39FN2O3/c1-21(23-7-5-9-26(30)15-14-23)31-29(17-6-8-25(16-18-29)28(2,3)4)32(20-33)19-22-10-12-24(13-11-22)27(34)35/h9-15,20,23,25H,5-8,16-19H2,1-4H3,(H,34,35)/b31-21+. The minimum absolute atomic E-state index is 0.0291. The van der Waals surface area contributed by atoms with Crippen LogP contribution in [0.1, 0.15) is 88.6 Å². The van der Waals surface area contributed by atoms with Crippen molar-refractivity contribution in [2.75, 3.05) is 0 Å². The number of benzene rings is 1. The van der Waals surface area contributed by atoms with Crippen LogP contribution >= 0.6 is 0 Å². The zero-order valence-electron chi connectivity index (χ0n) is 21.5. The molecular weight excluding hydrogens is 443 g/mol. The normalized spacial score (nSPS) is 25.9. The number of allylic oxidation sites excluding steroid dienone is 4. The third-order valence-corrected chi connectivity index (χ3v) is 7.69. The molecule has 1 fully saturated rings. The number of hydrogen-bond acceptors (Lipinski definition) is 3. The largest absolute Gasteiger partial charge is 0.478 e. The van der Waals surface area contributed by atoms with Crippen molar-refractivity contribution in [2.24, 2.45) is 22.2 Å². The lowest BCUT2D eigenvalue weighted by Gasteiger charge is -2.40. The lowest BCUT2D eigenvalue weighted by atomic mass is 9.76. The second kappa shape index (κ2) is 11.3. The number of carboxylic acids is 1. The van der Waals surface area contributed by atoms with E-state index in [-0.39, 0.29) is 22.7 Å². The highest BCUT2D eigenvalue weighted by Crippen LogP contribution is 2.43. The first-order valence-electron chi connectivity index (χ1n) is 12.7. The van der Waals surface area contributed by atoms with Gasteiger partial charge in [0, 0.05) is 18.2 Å². The highest BCUT2D eigenvalue weighted by atomic mass is 19.1. The maximum absolute atomic E-state index is 13.8. The second-order valence-corrected chi connectivity index (χ2v) is 11.1. The van der Waals surface area contributed by atoms with Crippen LogP contribution in [0.4, 0.5) is 4.39 Å². The van der Waals surface area contributed by atoms with Crippen LogP contribution < -0.4 is 0 Å². The number of aliphatic imine (C=N–C) groups is 1. The first-order valence-corrected chi connectivity index (χ1v) is 12.7. The molecule has 0 aliphatic heterocycles. The number of amides is 1. The van der Waals surface area contributed by atoms with Crippen molar-refractivity contribution in [1.82, 2.24) is 4.90 Å². The lowest BCUT2D eigenvalue weighted by Crippen LogP contribution is -2.47. The topological polar surface area (TPSA) is 70.0 Å². The molecule has 35 heavy (non-hydrogen) atoms. The van der Waals surface area contributed by atoms with Crippen molar-refractivity contribution in [2.45, 2.75) is 84.8 Å². The van der Waals surface area contributed by atoms with Gasteiger partial charge in [-0.05, 0) is 93.1 Å². The van der Waals surface area contributed by atoms with E-state index >= 15 is 0 Å². The van der Waals surface area contributed by atoms with Gasteiger partial charge in [-0.1, -0.05) is 39.0 Å². The Morgan fingerprint density at radius 3 is 2.54 bits per heavy atom. The first kappa shape index (κ1) is 26.8. The minimum Gasteiger partial charge on any atom is -0.478 e. The molecule has 0 heterocycles. The van der Waals surface area contributed by atoms with Crippen LogP contribution in [0.2, 0.25) is 0 Å². The van der Waals surface area contributed by atoms with Crippen LogP contribution in [0.25, 0.3) is 0 Å². The van der Waals surface area contributed by atoms with Gasteiger partial charge < -0.3 is 10.0 Å². The summed E-state index contributed by atoms with van der Waals surface area (Å²) in [7, 11) is 0. The lowest BCUT2D eigenvalue weighted by molar-refractivity contribution is -0.125. The van der Waals surface area contributed by atoms with Crippen molar-refractivity contribution in [3.63, 3.8) is 0 Å². The van der Waals surface area contributed by atoms with E-state index in [0.29, 0.717) is 18.9 Å². The summed E-state index contributed by atoms with van der Waals surface area (Å²) in [5.74, 6) is -0.614. The molecule has 1 aromatic carbocycles. The number of carbonyl (C=O) groups is 2. The Morgan fingerprint density at radius 2 is 1.91 bits per heavy atom. The highest BCUT2D eigenvalue weighted by molar-refractivity contribution is 5.87. The van der Waals surface area contributed by atoms with Crippen LogP contribution in [0.15, 0.2) is 53.3 Å². The van der Waals surface area contributed by atoms with Gasteiger partial charge in [-0.25, -0.2) is 9.18 Å². The number of hydrogen-bond donors (Lipinski definition) is 1. The van der Waals surface area contributed by atoms with Gasteiger partial charge in [0.05, 0.1) is 5.56 Å². The first-order chi connectivity index (χ1) is 16.5. The highest BCUT2D eigenvalue weighted by Gasteiger charge is 2.40. The van der Waals surface area contributed by atoms with E-state index in [4.69, 9.17) is 4.99 Å². The molecule has 0 spiro atoms. The van der Waals surface area contributed by atoms with E-state index in [1.807, 2.05) is 13.0 Å². The van der Waals surface area contributed by atoms with Gasteiger partial charge in [-0.3, -0.25) is 9.79 Å². The van der Waals surface area contributed by atoms with Crippen molar-refractivity contribution < 1.29 is 19.1 Å². The van der Waals surface area contributed by atoms with E-state index < -0.39 is 11.6 Å². The molecule has 0 saturated heterocycles. The smallest absolute Gasteiger partial charge is 0.335 e. The number of carbonyl (C=O) groups excluding carboxylic acids is 1. The minimum atomic E-state index is -0.972. The summed E-state index contributed by atoms with van der Waals surface area (Å²) in [5, 5.41) is 9.21. The molecule has 1 aromatic rings. The summed E-state index contributed by atoms with van der Waals surface area (Å²) < 4.78 is 13.8. The van der Waals surface area contributed by atoms with Crippen LogP contribution in [0.3, 0.4) is 0 Å². The van der Waals surface area contributed by atoms with Crippen LogP contribution in [-0.4, -0.2) is 33.8 Å². The van der Waals surface area contributed by atoms with Crippen molar-refractivity contribution in [3.8, 4) is 0 Å². The quantitative estimate of drug-likeness (QED) is 0.260. The Morgan fingerprint density at radius 1 is 1.20 bits per heavy atom. The summed E-state index contributed by atoms with van der Waals surface area (Å²) in [6.45, 7) is 9.18. The van der Waals surface area contributed by atoms with Gasteiger partial charge >= 0.3 is 5.97 Å². The molecule has 1 amide bonds. The fourth-order valence-corrected chi connectivity index (χ4v) is 5.40. The number of halogens is 1. The molecule has 2 aliphatic carbocycles. The molecule has 5 nitrogen and oxygen atoms in total. The van der Waals surface area contributed by atoms with Crippen molar-refractivity contribution in [1.29, 1.82) is 0 Å². The number of rotatable bonds is 7. The maximum atomic E-state index is 13.8. The summed E-state index contributed by atoms with van der Waals surface area (Å²) in [5.41, 5.74) is 1.51. The monoisotopic (exact) mass is 482 g/mol. The van der Waals surface area contributed by atoms with Gasteiger partial charge in [0.1, 0.15) is 11.5 Å². The van der Waals surface area contributed by atoms with E-state index in [1.165, 1.54) is 6.08 Å². The third kappa shape index (κ3) is 6.89. The van der Waals surface area contributed by atoms with Gasteiger partial charge in [0.15, 0.2) is 0 Å². The average Bonchev–Trinajstić information content (AvgIpc) is 3.16. The van der Waals surface area contributed by atoms with Crippen molar-refractivity contribution >= 4 is 18.1 Å². The summed E-state index contributed by atoms with van der Waals surface area (Å²) in [6.07, 6.45) is 11.9. The van der Waals surface area contributed by atoms with E-state index in [0.717, 1.165) is 56.2 Å². The summed E-state index contributed by atoms with van der Waals surface area (Å²) >= 11 is 0. The molecule has 6 heteroatoms. The fraction of sp³-hybridized carbons (Fsp3) is 0.552. The SMILES string of the molecule is C/C(=N\C1(N(C=O)Cc2ccc(C(=O)O)cc2)CCCC(C(C)(C)C)CC1)C1C=CC(F)=CCC1. The van der Waals surface area contributed by atoms with E-state index in [2.05, 4.69) is 20.8 Å². The Balaban J connectivity index is 1.95. The van der Waals surface area contributed by atoms with E-state index in [1.54, 1.807) is 35.2 Å². The second-order valence-electron chi connectivity index (χ2n) is 11.1. The maximum Gasteiger partial charge on any atom is 0.335 e. The predicted octanol–water partition coefficient (Wildman–Crippen LogP) is 6.95. The Hall–Kier alpha value is -2.76. The Bertz CT molecular complexity index is 990. The molecule has 1 saturated carbocycles. The molecule has 3 unspecified atom stereocenters. The zero-order valence-corrected chi connectivity index (χ0v) is 21.5. The molecule has 0 aromatic heterocycles. The van der Waals surface area contributed by atoms with Gasteiger partial charge in [0.2, 0.25) is 6.41 Å². The van der Waals surface area contributed by atoms with Crippen LogP contribution in [-0.2, 0) is 11.3 Å². The Kier molecular flexibility index (Phi) is 8.68. The summed E-state index contributed by atoms with van der Waals surface area (Å²) in [4.78, 5) is 30.8. The molecule has 2 aliphatic rings. The zero-order chi connectivity index (χ0) is 25.6. The molecule has 0 radical (unpaired) electrons. The molecule has 1 N–H and O–H groups in total. The third-order valence-electron chi connectivity index (χ3n) is 7.69. The van der Waals surface area contributed by atoms with E-state index in [9.17, 15) is 19.1 Å². The molecule has 3 rings (SSSR count). The van der Waals surface area contributed by atoms with Gasteiger partial charge in [-0.2, -0.15) is 0 Å². The molecule has 3 atom stereocenters. The average molecular weight is 483 g/mol. The van der Waals surface area contributed by atoms with Crippen molar-refractivity contribution in [3.05, 3.63) is 59.4 Å². The number of aromatic carboxylic acids is 1. The van der Waals surface area contributed by atoms with Gasteiger partial charge in [-0.15, -0.1) is 0 Å². The number of nitrogens with zero attached hydrogens (tertiary/aromatic N) is 2. The fourth-order valence-electron chi connectivity index (χ4n) is 5.40. The molecule has 0 bridgehead atoms. The molecule has 190 valence electrons.